The van der Waals surface area contributed by atoms with Gasteiger partial charge in [-0.15, -0.1) is 0 Å². The molecule has 1 aliphatic rings. The molecule has 38 valence electrons. The monoisotopic (exact) mass is 117 g/mol. The molecule has 0 aliphatic carbocycles. The summed E-state index contributed by atoms with van der Waals surface area (Å²) in [7, 11) is 0. The summed E-state index contributed by atoms with van der Waals surface area (Å²) in [6.45, 7) is 0. The molecule has 0 atom stereocenters. The summed E-state index contributed by atoms with van der Waals surface area (Å²) in [5, 5.41) is 1.77. The van der Waals surface area contributed by atoms with E-state index in [1.807, 2.05) is 0 Å². The zero-order valence-corrected chi connectivity index (χ0v) is 4.33. The second-order valence-electron chi connectivity index (χ2n) is 1.06. The van der Waals surface area contributed by atoms with Crippen molar-refractivity contribution < 1.29 is 4.39 Å². The molecule has 0 aromatic heterocycles. The minimum absolute atomic E-state index is 0.285. The predicted molar refractivity (Wildman–Crippen MR) is 29.1 cm³/mol. The normalized spacial score (nSPS) is 18.1. The lowest BCUT2D eigenvalue weighted by atomic mass is 10.6. The van der Waals surface area contributed by atoms with Crippen LogP contribution in [0.4, 0.5) is 4.39 Å². The zero-order valence-electron chi connectivity index (χ0n) is 3.52. The van der Waals surface area contributed by atoms with Gasteiger partial charge in [0.15, 0.2) is 5.95 Å². The fourth-order valence-corrected chi connectivity index (χ4v) is 0.693. The van der Waals surface area contributed by atoms with Crippen molar-refractivity contribution in [3.05, 3.63) is 23.5 Å². The Morgan fingerprint density at radius 3 is 2.86 bits per heavy atom. The fraction of sp³-hybridized carbons (Fsp3) is 0. The standard InChI is InChI=1S/C4H4FNS/c5-4-2-1-3-7-6-4/h1-3,6H. The van der Waals surface area contributed by atoms with Gasteiger partial charge in [0, 0.05) is 0 Å². The van der Waals surface area contributed by atoms with Crippen LogP contribution in [-0.2, 0) is 0 Å². The van der Waals surface area contributed by atoms with Crippen LogP contribution in [0.3, 0.4) is 0 Å². The molecule has 0 saturated heterocycles. The molecule has 1 N–H and O–H groups in total. The van der Waals surface area contributed by atoms with Crippen molar-refractivity contribution in [1.29, 1.82) is 0 Å². The van der Waals surface area contributed by atoms with Crippen molar-refractivity contribution in [2.75, 3.05) is 0 Å². The summed E-state index contributed by atoms with van der Waals surface area (Å²) in [5.41, 5.74) is 0. The average Bonchev–Trinajstić information content (AvgIpc) is 1.69. The Morgan fingerprint density at radius 1 is 1.71 bits per heavy atom. The molecule has 0 saturated carbocycles. The lowest BCUT2D eigenvalue weighted by Crippen LogP contribution is -1.97. The van der Waals surface area contributed by atoms with Crippen molar-refractivity contribution in [2.24, 2.45) is 0 Å². The van der Waals surface area contributed by atoms with Crippen molar-refractivity contribution >= 4 is 11.9 Å². The van der Waals surface area contributed by atoms with E-state index in [1.165, 1.54) is 18.0 Å². The van der Waals surface area contributed by atoms with Gasteiger partial charge in [-0.3, -0.25) is 0 Å². The summed E-state index contributed by atoms with van der Waals surface area (Å²) >= 11 is 1.23. The summed E-state index contributed by atoms with van der Waals surface area (Å²) in [6, 6.07) is 0. The largest absolute Gasteiger partial charge is 0.302 e. The summed E-state index contributed by atoms with van der Waals surface area (Å²) in [5.74, 6) is -0.285. The molecular formula is C4H4FNS. The third-order valence-electron chi connectivity index (χ3n) is 0.546. The molecule has 0 fully saturated rings. The maximum Gasteiger partial charge on any atom is 0.197 e. The van der Waals surface area contributed by atoms with Crippen LogP contribution < -0.4 is 4.72 Å². The molecule has 1 rings (SSSR count). The zero-order chi connectivity index (χ0) is 5.11. The third-order valence-corrected chi connectivity index (χ3v) is 1.15. The molecule has 1 heterocycles. The summed E-state index contributed by atoms with van der Waals surface area (Å²) < 4.78 is 14.3. The van der Waals surface area contributed by atoms with Crippen molar-refractivity contribution in [3.63, 3.8) is 0 Å². The maximum absolute atomic E-state index is 11.9. The minimum Gasteiger partial charge on any atom is -0.302 e. The van der Waals surface area contributed by atoms with E-state index in [2.05, 4.69) is 4.72 Å². The molecule has 0 unspecified atom stereocenters. The second-order valence-corrected chi connectivity index (χ2v) is 1.78. The quantitative estimate of drug-likeness (QED) is 0.381. The number of hydrogen-bond donors (Lipinski definition) is 1. The molecule has 1 aliphatic heterocycles. The average molecular weight is 117 g/mol. The van der Waals surface area contributed by atoms with E-state index in [4.69, 9.17) is 0 Å². The van der Waals surface area contributed by atoms with Gasteiger partial charge in [-0.25, -0.2) is 0 Å². The number of allylic oxidation sites excluding steroid dienone is 2. The van der Waals surface area contributed by atoms with Crippen LogP contribution >= 0.6 is 11.9 Å². The lowest BCUT2D eigenvalue weighted by Gasteiger charge is -1.98. The smallest absolute Gasteiger partial charge is 0.197 e. The number of hydrogen-bond acceptors (Lipinski definition) is 2. The van der Waals surface area contributed by atoms with Crippen LogP contribution in [-0.4, -0.2) is 0 Å². The van der Waals surface area contributed by atoms with Gasteiger partial charge in [0.1, 0.15) is 0 Å². The first-order valence-electron chi connectivity index (χ1n) is 1.83. The summed E-state index contributed by atoms with van der Waals surface area (Å²) in [4.78, 5) is 0. The Hall–Kier alpha value is -0.440. The Labute approximate surface area is 45.4 Å². The molecule has 0 radical (unpaired) electrons. The first kappa shape index (κ1) is 4.71. The molecule has 7 heavy (non-hydrogen) atoms. The van der Waals surface area contributed by atoms with Crippen molar-refractivity contribution in [1.82, 2.24) is 4.72 Å². The van der Waals surface area contributed by atoms with Crippen LogP contribution in [0.25, 0.3) is 0 Å². The minimum atomic E-state index is -0.285. The number of nitrogens with one attached hydrogen (secondary N) is 1. The van der Waals surface area contributed by atoms with E-state index < -0.39 is 0 Å². The molecule has 0 amide bonds. The topological polar surface area (TPSA) is 12.0 Å². The van der Waals surface area contributed by atoms with Crippen LogP contribution in [0, 0.1) is 0 Å². The Morgan fingerprint density at radius 2 is 2.57 bits per heavy atom. The Bertz CT molecular complexity index is 119. The number of rotatable bonds is 0. The second kappa shape index (κ2) is 2.02. The highest BCUT2D eigenvalue weighted by atomic mass is 32.2. The molecule has 0 aromatic carbocycles. The van der Waals surface area contributed by atoms with E-state index >= 15 is 0 Å². The van der Waals surface area contributed by atoms with Crippen molar-refractivity contribution in [3.8, 4) is 0 Å². The molecule has 0 bridgehead atoms. The van der Waals surface area contributed by atoms with Gasteiger partial charge in [0.2, 0.25) is 0 Å². The summed E-state index contributed by atoms with van der Waals surface area (Å²) in [6.07, 6.45) is 3.02. The van der Waals surface area contributed by atoms with Crippen LogP contribution in [0.15, 0.2) is 23.5 Å². The van der Waals surface area contributed by atoms with Gasteiger partial charge < -0.3 is 4.72 Å². The Balaban J connectivity index is 2.57. The molecule has 1 nitrogen and oxygen atoms in total. The van der Waals surface area contributed by atoms with E-state index in [0.717, 1.165) is 0 Å². The maximum atomic E-state index is 11.9. The fourth-order valence-electron chi connectivity index (χ4n) is 0.287. The van der Waals surface area contributed by atoms with E-state index in [1.54, 1.807) is 11.5 Å². The van der Waals surface area contributed by atoms with E-state index in [-0.39, 0.29) is 5.95 Å². The third kappa shape index (κ3) is 1.23. The predicted octanol–water partition coefficient (Wildman–Crippen LogP) is 1.56. The number of halogens is 1. The van der Waals surface area contributed by atoms with Crippen LogP contribution in [0.5, 0.6) is 0 Å². The van der Waals surface area contributed by atoms with Crippen LogP contribution in [0.1, 0.15) is 0 Å². The van der Waals surface area contributed by atoms with Crippen LogP contribution in [0.2, 0.25) is 0 Å². The van der Waals surface area contributed by atoms with Gasteiger partial charge >= 0.3 is 0 Å². The molecule has 0 spiro atoms. The van der Waals surface area contributed by atoms with Gasteiger partial charge in [-0.2, -0.15) is 4.39 Å². The van der Waals surface area contributed by atoms with E-state index in [0.29, 0.717) is 0 Å². The highest BCUT2D eigenvalue weighted by Gasteiger charge is 1.91. The van der Waals surface area contributed by atoms with Gasteiger partial charge in [0.05, 0.1) is 0 Å². The Kier molecular flexibility index (Phi) is 1.36. The first-order valence-corrected chi connectivity index (χ1v) is 2.71. The first-order chi connectivity index (χ1) is 3.39. The van der Waals surface area contributed by atoms with E-state index in [9.17, 15) is 4.39 Å². The highest BCUT2D eigenvalue weighted by Crippen LogP contribution is 2.07. The SMILES string of the molecule is FC1=CC=CSN1. The van der Waals surface area contributed by atoms with Crippen molar-refractivity contribution in [2.45, 2.75) is 0 Å². The lowest BCUT2D eigenvalue weighted by molar-refractivity contribution is 0.608. The highest BCUT2D eigenvalue weighted by molar-refractivity contribution is 8.00. The molecule has 0 aromatic rings. The van der Waals surface area contributed by atoms with Gasteiger partial charge in [-0.05, 0) is 29.5 Å². The van der Waals surface area contributed by atoms with Gasteiger partial charge in [0.25, 0.3) is 0 Å². The van der Waals surface area contributed by atoms with Gasteiger partial charge in [-0.1, -0.05) is 0 Å². The molecule has 3 heteroatoms. The molecular weight excluding hydrogens is 113 g/mol.